The Bertz CT molecular complexity index is 642. The zero-order valence-corrected chi connectivity index (χ0v) is 11.3. The Labute approximate surface area is 112 Å². The second-order valence-electron chi connectivity index (χ2n) is 3.91. The number of benzene rings is 1. The van der Waals surface area contributed by atoms with Crippen LogP contribution in [0.15, 0.2) is 53.6 Å². The van der Waals surface area contributed by atoms with Gasteiger partial charge in [-0.05, 0) is 37.4 Å². The smallest absolute Gasteiger partial charge is 0.240 e. The molecule has 0 spiro atoms. The van der Waals surface area contributed by atoms with E-state index in [-0.39, 0.29) is 4.90 Å². The van der Waals surface area contributed by atoms with Crippen molar-refractivity contribution in [1.29, 1.82) is 0 Å². The summed E-state index contributed by atoms with van der Waals surface area (Å²) in [6, 6.07) is 12.3. The molecule has 1 heterocycles. The molecule has 0 unspecified atom stereocenters. The highest BCUT2D eigenvalue weighted by Gasteiger charge is 2.11. The molecule has 2 aromatic rings. The van der Waals surface area contributed by atoms with Crippen LogP contribution in [-0.4, -0.2) is 20.4 Å². The third-order valence-electron chi connectivity index (χ3n) is 2.61. The lowest BCUT2D eigenvalue weighted by Crippen LogP contribution is -2.18. The minimum absolute atomic E-state index is 0.237. The maximum atomic E-state index is 11.7. The van der Waals surface area contributed by atoms with Crippen molar-refractivity contribution >= 4 is 15.7 Å². The van der Waals surface area contributed by atoms with Gasteiger partial charge in [-0.3, -0.25) is 4.98 Å². The fraction of sp³-hybridized carbons (Fsp3) is 0.154. The molecule has 2 rings (SSSR count). The van der Waals surface area contributed by atoms with Crippen molar-refractivity contribution < 1.29 is 8.42 Å². The van der Waals surface area contributed by atoms with E-state index >= 15 is 0 Å². The van der Waals surface area contributed by atoms with Crippen LogP contribution in [0.3, 0.4) is 0 Å². The van der Waals surface area contributed by atoms with Gasteiger partial charge < -0.3 is 5.32 Å². The summed E-state index contributed by atoms with van der Waals surface area (Å²) in [7, 11) is -2.02. The molecule has 0 fully saturated rings. The van der Waals surface area contributed by atoms with Gasteiger partial charge >= 0.3 is 0 Å². The van der Waals surface area contributed by atoms with Gasteiger partial charge in [-0.2, -0.15) is 0 Å². The third kappa shape index (κ3) is 3.52. The van der Waals surface area contributed by atoms with Gasteiger partial charge in [0.25, 0.3) is 0 Å². The first-order valence-corrected chi connectivity index (χ1v) is 7.27. The highest BCUT2D eigenvalue weighted by molar-refractivity contribution is 7.89. The van der Waals surface area contributed by atoms with E-state index in [0.717, 1.165) is 11.4 Å². The normalized spacial score (nSPS) is 11.2. The molecule has 2 N–H and O–H groups in total. The van der Waals surface area contributed by atoms with Crippen LogP contribution in [0, 0.1) is 0 Å². The zero-order valence-electron chi connectivity index (χ0n) is 10.5. The van der Waals surface area contributed by atoms with Crippen LogP contribution >= 0.6 is 0 Å². The van der Waals surface area contributed by atoms with Gasteiger partial charge in [0.15, 0.2) is 0 Å². The maximum Gasteiger partial charge on any atom is 0.240 e. The predicted octanol–water partition coefficient (Wildman–Crippen LogP) is 1.60. The number of rotatable bonds is 5. The number of anilines is 1. The molecular weight excluding hydrogens is 262 g/mol. The van der Waals surface area contributed by atoms with Gasteiger partial charge in [0.05, 0.1) is 17.1 Å². The van der Waals surface area contributed by atoms with Crippen LogP contribution in [0.5, 0.6) is 0 Å². The van der Waals surface area contributed by atoms with Crippen LogP contribution in [-0.2, 0) is 16.6 Å². The summed E-state index contributed by atoms with van der Waals surface area (Å²) in [5.74, 6) is 0. The lowest BCUT2D eigenvalue weighted by Gasteiger charge is -2.08. The molecule has 0 radical (unpaired) electrons. The number of hydrogen-bond acceptors (Lipinski definition) is 4. The van der Waals surface area contributed by atoms with E-state index in [1.807, 2.05) is 24.3 Å². The number of nitrogens with zero attached hydrogens (tertiary/aromatic N) is 1. The number of nitrogens with one attached hydrogen (secondary N) is 2. The molecule has 1 aromatic heterocycles. The van der Waals surface area contributed by atoms with Gasteiger partial charge in [-0.15, -0.1) is 0 Å². The first kappa shape index (κ1) is 13.5. The standard InChI is InChI=1S/C13H15N3O2S/c1-14-19(17,18)13-7-4-6-11(9-13)16-10-12-5-2-3-8-15-12/h2-9,14,16H,10H2,1H3. The summed E-state index contributed by atoms with van der Waals surface area (Å²) in [5.41, 5.74) is 1.63. The average molecular weight is 277 g/mol. The van der Waals surface area contributed by atoms with E-state index in [2.05, 4.69) is 15.0 Å². The number of pyridine rings is 1. The van der Waals surface area contributed by atoms with E-state index in [9.17, 15) is 8.42 Å². The van der Waals surface area contributed by atoms with E-state index in [1.165, 1.54) is 7.05 Å². The van der Waals surface area contributed by atoms with Gasteiger partial charge in [-0.25, -0.2) is 13.1 Å². The molecule has 0 aliphatic carbocycles. The summed E-state index contributed by atoms with van der Waals surface area (Å²) in [6.45, 7) is 0.546. The molecule has 0 saturated heterocycles. The topological polar surface area (TPSA) is 71.1 Å². The van der Waals surface area contributed by atoms with Gasteiger partial charge in [-0.1, -0.05) is 12.1 Å². The third-order valence-corrected chi connectivity index (χ3v) is 4.02. The average Bonchev–Trinajstić information content (AvgIpc) is 2.46. The molecule has 0 aliphatic heterocycles. The minimum atomic E-state index is -3.41. The molecule has 6 heteroatoms. The van der Waals surface area contributed by atoms with E-state index in [4.69, 9.17) is 0 Å². The zero-order chi connectivity index (χ0) is 13.7. The summed E-state index contributed by atoms with van der Waals surface area (Å²) in [6.07, 6.45) is 1.72. The maximum absolute atomic E-state index is 11.7. The Morgan fingerprint density at radius 3 is 2.68 bits per heavy atom. The highest BCUT2D eigenvalue weighted by Crippen LogP contribution is 2.15. The minimum Gasteiger partial charge on any atom is -0.379 e. The molecule has 0 aliphatic rings. The molecule has 1 aromatic carbocycles. The monoisotopic (exact) mass is 277 g/mol. The Hall–Kier alpha value is -1.92. The van der Waals surface area contributed by atoms with Crippen molar-refractivity contribution in [2.24, 2.45) is 0 Å². The van der Waals surface area contributed by atoms with Gasteiger partial charge in [0, 0.05) is 11.9 Å². The lowest BCUT2D eigenvalue weighted by atomic mass is 10.3. The Morgan fingerprint density at radius 2 is 2.00 bits per heavy atom. The van der Waals surface area contributed by atoms with Crippen LogP contribution in [0.4, 0.5) is 5.69 Å². The summed E-state index contributed by atoms with van der Waals surface area (Å²) < 4.78 is 25.6. The second-order valence-corrected chi connectivity index (χ2v) is 5.80. The quantitative estimate of drug-likeness (QED) is 0.871. The summed E-state index contributed by atoms with van der Waals surface area (Å²) in [4.78, 5) is 4.43. The summed E-state index contributed by atoms with van der Waals surface area (Å²) >= 11 is 0. The first-order chi connectivity index (χ1) is 9.12. The van der Waals surface area contributed by atoms with E-state index in [1.54, 1.807) is 24.4 Å². The first-order valence-electron chi connectivity index (χ1n) is 5.79. The van der Waals surface area contributed by atoms with Crippen molar-refractivity contribution in [3.63, 3.8) is 0 Å². The van der Waals surface area contributed by atoms with Crippen molar-refractivity contribution in [1.82, 2.24) is 9.71 Å². The lowest BCUT2D eigenvalue weighted by molar-refractivity contribution is 0.588. The van der Waals surface area contributed by atoms with Crippen LogP contribution in [0.1, 0.15) is 5.69 Å². The van der Waals surface area contributed by atoms with Crippen molar-refractivity contribution in [2.45, 2.75) is 11.4 Å². The fourth-order valence-corrected chi connectivity index (χ4v) is 2.36. The Balaban J connectivity index is 2.12. The highest BCUT2D eigenvalue weighted by atomic mass is 32.2. The Morgan fingerprint density at radius 1 is 1.16 bits per heavy atom. The number of sulfonamides is 1. The van der Waals surface area contributed by atoms with Crippen LogP contribution in [0.2, 0.25) is 0 Å². The van der Waals surface area contributed by atoms with Crippen LogP contribution in [0.25, 0.3) is 0 Å². The molecule has 100 valence electrons. The predicted molar refractivity (Wildman–Crippen MR) is 74.3 cm³/mol. The van der Waals surface area contributed by atoms with Crippen molar-refractivity contribution in [3.05, 3.63) is 54.4 Å². The molecule has 19 heavy (non-hydrogen) atoms. The number of aromatic nitrogens is 1. The SMILES string of the molecule is CNS(=O)(=O)c1cccc(NCc2ccccn2)c1. The summed E-state index contributed by atoms with van der Waals surface area (Å²) in [5, 5.41) is 3.14. The van der Waals surface area contributed by atoms with E-state index in [0.29, 0.717) is 6.54 Å². The van der Waals surface area contributed by atoms with E-state index < -0.39 is 10.0 Å². The van der Waals surface area contributed by atoms with Crippen molar-refractivity contribution in [2.75, 3.05) is 12.4 Å². The molecule has 5 nitrogen and oxygen atoms in total. The second kappa shape index (κ2) is 5.81. The fourth-order valence-electron chi connectivity index (χ4n) is 1.59. The molecule has 0 atom stereocenters. The van der Waals surface area contributed by atoms with Crippen molar-refractivity contribution in [3.8, 4) is 0 Å². The molecular formula is C13H15N3O2S. The van der Waals surface area contributed by atoms with Gasteiger partial charge in [0.2, 0.25) is 10.0 Å². The number of hydrogen-bond donors (Lipinski definition) is 2. The molecule has 0 amide bonds. The molecule has 0 bridgehead atoms. The van der Waals surface area contributed by atoms with Gasteiger partial charge in [0.1, 0.15) is 0 Å². The Kier molecular flexibility index (Phi) is 4.13. The van der Waals surface area contributed by atoms with Crippen LogP contribution < -0.4 is 10.0 Å². The largest absolute Gasteiger partial charge is 0.379 e. The molecule has 0 saturated carbocycles.